The molecule has 1 aliphatic carbocycles. The first-order valence-corrected chi connectivity index (χ1v) is 8.32. The molecule has 0 amide bonds. The van der Waals surface area contributed by atoms with Gasteiger partial charge in [-0.25, -0.2) is 0 Å². The monoisotopic (exact) mass is 338 g/mol. The Morgan fingerprint density at radius 2 is 1.60 bits per heavy atom. The van der Waals surface area contributed by atoms with Crippen LogP contribution in [0.25, 0.3) is 0 Å². The molecule has 0 saturated carbocycles. The first-order valence-electron chi connectivity index (χ1n) is 8.32. The molecule has 0 saturated heterocycles. The molecule has 3 rings (SSSR count). The highest BCUT2D eigenvalue weighted by atomic mass is 16.5. The van der Waals surface area contributed by atoms with Crippen molar-refractivity contribution in [3.63, 3.8) is 0 Å². The maximum atomic E-state index is 12.1. The summed E-state index contributed by atoms with van der Waals surface area (Å²) < 4.78 is 10.3. The third-order valence-electron chi connectivity index (χ3n) is 5.01. The van der Waals surface area contributed by atoms with Crippen molar-refractivity contribution >= 4 is 11.5 Å². The molecule has 1 unspecified atom stereocenters. The number of ether oxygens (including phenoxy) is 2. The highest BCUT2D eigenvalue weighted by molar-refractivity contribution is 6.07. The summed E-state index contributed by atoms with van der Waals surface area (Å²) >= 11 is 0. The standard InChI is InChI=1S/C21H23NO3/c1-21(2)15-8-6-7-9-16(15)22(3)19(21)11-10-14-12-17(24-4)20(23)18(13-14)25-5/h6-13H,1-5H3/p+1. The Hall–Kier alpha value is -2.59. The van der Waals surface area contributed by atoms with E-state index >= 15 is 0 Å². The number of ketones is 1. The van der Waals surface area contributed by atoms with E-state index in [4.69, 9.17) is 9.47 Å². The molecule has 4 nitrogen and oxygen atoms in total. The molecule has 0 radical (unpaired) electrons. The number of benzene rings is 1. The van der Waals surface area contributed by atoms with Crippen molar-refractivity contribution in [2.24, 2.45) is 0 Å². The molecule has 0 bridgehead atoms. The van der Waals surface area contributed by atoms with Gasteiger partial charge in [0.1, 0.15) is 11.4 Å². The molecule has 1 atom stereocenters. The summed E-state index contributed by atoms with van der Waals surface area (Å²) in [5, 5.41) is 0. The van der Waals surface area contributed by atoms with E-state index < -0.39 is 0 Å². The number of Topliss-reactive ketones (excluding diaryl/α,β-unsaturated/α-hetero) is 1. The molecule has 1 N–H and O–H groups in total. The van der Waals surface area contributed by atoms with Crippen LogP contribution >= 0.6 is 0 Å². The summed E-state index contributed by atoms with van der Waals surface area (Å²) in [6, 6.07) is 8.53. The lowest BCUT2D eigenvalue weighted by atomic mass is 9.83. The first kappa shape index (κ1) is 17.2. The highest BCUT2D eigenvalue weighted by Gasteiger charge is 2.43. The molecule has 130 valence electrons. The fraction of sp³-hybridized carbons (Fsp3) is 0.286. The lowest BCUT2D eigenvalue weighted by Crippen LogP contribution is -3.01. The predicted octanol–water partition coefficient (Wildman–Crippen LogP) is 2.58. The maximum absolute atomic E-state index is 12.1. The van der Waals surface area contributed by atoms with Crippen LogP contribution in [-0.4, -0.2) is 27.1 Å². The molecule has 4 heteroatoms. The lowest BCUT2D eigenvalue weighted by molar-refractivity contribution is -0.764. The maximum Gasteiger partial charge on any atom is 0.261 e. The van der Waals surface area contributed by atoms with Gasteiger partial charge in [0, 0.05) is 5.56 Å². The number of carbonyl (C=O) groups excluding carboxylic acids is 1. The average molecular weight is 338 g/mol. The summed E-state index contributed by atoms with van der Waals surface area (Å²) in [4.78, 5) is 13.4. The van der Waals surface area contributed by atoms with Gasteiger partial charge in [0.05, 0.1) is 26.7 Å². The van der Waals surface area contributed by atoms with Crippen LogP contribution in [0.2, 0.25) is 0 Å². The number of allylic oxidation sites excluding steroid dienone is 6. The summed E-state index contributed by atoms with van der Waals surface area (Å²) in [6.07, 6.45) is 7.63. The molecular formula is C21H24NO3+. The predicted molar refractivity (Wildman–Crippen MR) is 97.4 cm³/mol. The number of para-hydroxylation sites is 1. The van der Waals surface area contributed by atoms with Crippen molar-refractivity contribution in [2.75, 3.05) is 21.3 Å². The zero-order chi connectivity index (χ0) is 18.2. The lowest BCUT2D eigenvalue weighted by Gasteiger charge is -2.19. The van der Waals surface area contributed by atoms with Crippen molar-refractivity contribution in [1.29, 1.82) is 0 Å². The van der Waals surface area contributed by atoms with Crippen molar-refractivity contribution in [1.82, 2.24) is 0 Å². The van der Waals surface area contributed by atoms with E-state index in [2.05, 4.69) is 51.2 Å². The summed E-state index contributed by atoms with van der Waals surface area (Å²) in [5.41, 5.74) is 4.75. The normalized spacial score (nSPS) is 23.1. The topological polar surface area (TPSA) is 40.0 Å². The van der Waals surface area contributed by atoms with E-state index in [1.165, 1.54) is 36.1 Å². The summed E-state index contributed by atoms with van der Waals surface area (Å²) in [5.74, 6) is 0.350. The van der Waals surface area contributed by atoms with E-state index in [0.29, 0.717) is 11.5 Å². The molecule has 0 spiro atoms. The van der Waals surface area contributed by atoms with Gasteiger partial charge in [-0.2, -0.15) is 0 Å². The number of nitrogens with one attached hydrogen (secondary N) is 1. The molecule has 0 aromatic heterocycles. The number of carbonyl (C=O) groups is 1. The number of hydrogen-bond acceptors (Lipinski definition) is 3. The van der Waals surface area contributed by atoms with Crippen molar-refractivity contribution in [3.8, 4) is 0 Å². The number of hydrogen-bond donors (Lipinski definition) is 1. The summed E-state index contributed by atoms with van der Waals surface area (Å²) in [7, 11) is 5.15. The second-order valence-corrected chi connectivity index (χ2v) is 6.80. The van der Waals surface area contributed by atoms with Crippen molar-refractivity contribution < 1.29 is 19.2 Å². The van der Waals surface area contributed by atoms with E-state index in [1.54, 1.807) is 12.2 Å². The van der Waals surface area contributed by atoms with Gasteiger partial charge in [0.25, 0.3) is 5.78 Å². The van der Waals surface area contributed by atoms with Crippen LogP contribution in [0.5, 0.6) is 0 Å². The largest absolute Gasteiger partial charge is 0.492 e. The van der Waals surface area contributed by atoms with Crippen LogP contribution in [0.15, 0.2) is 71.4 Å². The molecule has 1 heterocycles. The molecule has 1 aromatic rings. The third kappa shape index (κ3) is 2.83. The first-order chi connectivity index (χ1) is 11.9. The fourth-order valence-corrected chi connectivity index (χ4v) is 3.62. The highest BCUT2D eigenvalue weighted by Crippen LogP contribution is 2.38. The molecule has 0 fully saturated rings. The van der Waals surface area contributed by atoms with Crippen molar-refractivity contribution in [2.45, 2.75) is 19.3 Å². The zero-order valence-corrected chi connectivity index (χ0v) is 15.3. The zero-order valence-electron chi connectivity index (χ0n) is 15.3. The van der Waals surface area contributed by atoms with E-state index in [0.717, 1.165) is 5.57 Å². The van der Waals surface area contributed by atoms with Gasteiger partial charge in [-0.05, 0) is 49.8 Å². The Morgan fingerprint density at radius 1 is 1.00 bits per heavy atom. The molecular weight excluding hydrogens is 314 g/mol. The smallest absolute Gasteiger partial charge is 0.261 e. The number of methoxy groups -OCH3 is 2. The minimum absolute atomic E-state index is 0.0518. The minimum atomic E-state index is -0.230. The number of rotatable bonds is 3. The average Bonchev–Trinajstić information content (AvgIpc) is 2.81. The Labute approximate surface area is 148 Å². The molecule has 1 aromatic carbocycles. The van der Waals surface area contributed by atoms with E-state index in [1.807, 2.05) is 6.08 Å². The van der Waals surface area contributed by atoms with Gasteiger partial charge in [0.15, 0.2) is 11.5 Å². The van der Waals surface area contributed by atoms with E-state index in [-0.39, 0.29) is 11.2 Å². The van der Waals surface area contributed by atoms with Gasteiger partial charge in [0.2, 0.25) is 0 Å². The molecule has 25 heavy (non-hydrogen) atoms. The Kier molecular flexibility index (Phi) is 4.39. The van der Waals surface area contributed by atoms with Crippen LogP contribution in [0.1, 0.15) is 19.4 Å². The number of fused-ring (bicyclic) bond motifs is 1. The van der Waals surface area contributed by atoms with Gasteiger partial charge in [-0.3, -0.25) is 9.69 Å². The van der Waals surface area contributed by atoms with Crippen LogP contribution < -0.4 is 4.90 Å². The Bertz CT molecular complexity index is 814. The van der Waals surface area contributed by atoms with Gasteiger partial charge in [-0.15, -0.1) is 0 Å². The van der Waals surface area contributed by atoms with E-state index in [9.17, 15) is 4.79 Å². The van der Waals surface area contributed by atoms with Gasteiger partial charge in [-0.1, -0.05) is 18.2 Å². The SMILES string of the molecule is COC1=CC(=CC=C2[NH+](C)c3ccccc3C2(C)C)C=C(OC)C1=O. The number of likely N-dealkylation sites (N-methyl/N-ethyl adjacent to an activating group) is 1. The van der Waals surface area contributed by atoms with Gasteiger partial charge >= 0.3 is 0 Å². The van der Waals surface area contributed by atoms with Crippen LogP contribution in [0.4, 0.5) is 5.69 Å². The van der Waals surface area contributed by atoms with Crippen LogP contribution in [0, 0.1) is 0 Å². The minimum Gasteiger partial charge on any atom is -0.492 e. The van der Waals surface area contributed by atoms with Gasteiger partial charge < -0.3 is 9.47 Å². The fourth-order valence-electron chi connectivity index (χ4n) is 3.62. The Morgan fingerprint density at radius 3 is 2.16 bits per heavy atom. The molecule has 2 aliphatic rings. The van der Waals surface area contributed by atoms with Crippen LogP contribution in [-0.2, 0) is 19.7 Å². The van der Waals surface area contributed by atoms with Crippen LogP contribution in [0.3, 0.4) is 0 Å². The second kappa shape index (κ2) is 6.37. The quantitative estimate of drug-likeness (QED) is 0.921. The van der Waals surface area contributed by atoms with Crippen molar-refractivity contribution in [3.05, 3.63) is 76.9 Å². The molecule has 1 aliphatic heterocycles. The second-order valence-electron chi connectivity index (χ2n) is 6.80. The number of quaternary nitrogens is 1. The summed E-state index contributed by atoms with van der Waals surface area (Å²) in [6.45, 7) is 4.48. The Balaban J connectivity index is 2.02. The third-order valence-corrected chi connectivity index (χ3v) is 5.01.